The second-order valence-electron chi connectivity index (χ2n) is 5.15. The van der Waals surface area contributed by atoms with Crippen LogP contribution in [0.25, 0.3) is 0 Å². The molecule has 0 saturated carbocycles. The number of rotatable bonds is 5. The molecule has 5 nitrogen and oxygen atoms in total. The predicted molar refractivity (Wildman–Crippen MR) is 74.7 cm³/mol. The molecule has 102 valence electrons. The minimum absolute atomic E-state index is 0.518. The van der Waals surface area contributed by atoms with E-state index in [0.29, 0.717) is 12.4 Å². The standard InChI is InChI=1S/C13H24N4O/c1-6-10-15-11(14)9(3)12(16-10)17(7-2)8-13(4,5)18/h18H,6-8H2,1-5H3,(H2,14,15,16). The van der Waals surface area contributed by atoms with E-state index in [2.05, 4.69) is 9.97 Å². The fourth-order valence-corrected chi connectivity index (χ4v) is 1.84. The summed E-state index contributed by atoms with van der Waals surface area (Å²) < 4.78 is 0. The second kappa shape index (κ2) is 5.52. The van der Waals surface area contributed by atoms with Crippen molar-refractivity contribution < 1.29 is 5.11 Å². The van der Waals surface area contributed by atoms with Crippen LogP contribution in [0.1, 0.15) is 39.1 Å². The number of nitrogens with zero attached hydrogens (tertiary/aromatic N) is 3. The third-order valence-electron chi connectivity index (χ3n) is 2.78. The second-order valence-corrected chi connectivity index (χ2v) is 5.15. The predicted octanol–water partition coefficient (Wildman–Crippen LogP) is 1.53. The summed E-state index contributed by atoms with van der Waals surface area (Å²) in [4.78, 5) is 10.8. The lowest BCUT2D eigenvalue weighted by Crippen LogP contribution is -2.39. The molecule has 0 aliphatic carbocycles. The summed E-state index contributed by atoms with van der Waals surface area (Å²) >= 11 is 0. The van der Waals surface area contributed by atoms with Gasteiger partial charge < -0.3 is 15.7 Å². The Morgan fingerprint density at radius 3 is 2.33 bits per heavy atom. The average molecular weight is 252 g/mol. The van der Waals surface area contributed by atoms with Crippen LogP contribution in [-0.2, 0) is 6.42 Å². The maximum absolute atomic E-state index is 9.95. The van der Waals surface area contributed by atoms with Gasteiger partial charge in [0.15, 0.2) is 0 Å². The molecule has 0 spiro atoms. The molecule has 0 amide bonds. The molecule has 0 aliphatic rings. The van der Waals surface area contributed by atoms with Crippen molar-refractivity contribution >= 4 is 11.6 Å². The minimum atomic E-state index is -0.769. The molecule has 1 heterocycles. The first kappa shape index (κ1) is 14.7. The maximum atomic E-state index is 9.95. The first-order valence-corrected chi connectivity index (χ1v) is 6.38. The zero-order valence-electron chi connectivity index (χ0n) is 12.0. The number of hydrogen-bond donors (Lipinski definition) is 2. The Labute approximate surface area is 109 Å². The lowest BCUT2D eigenvalue weighted by atomic mass is 10.1. The molecular formula is C13H24N4O. The molecule has 1 aromatic rings. The average Bonchev–Trinajstić information content (AvgIpc) is 2.28. The molecule has 5 heteroatoms. The van der Waals surface area contributed by atoms with Gasteiger partial charge in [0, 0.05) is 25.1 Å². The van der Waals surface area contributed by atoms with Crippen LogP contribution < -0.4 is 10.6 Å². The van der Waals surface area contributed by atoms with Crippen LogP contribution in [-0.4, -0.2) is 33.8 Å². The van der Waals surface area contributed by atoms with E-state index in [1.54, 1.807) is 13.8 Å². The highest BCUT2D eigenvalue weighted by Gasteiger charge is 2.21. The van der Waals surface area contributed by atoms with Gasteiger partial charge in [-0.25, -0.2) is 9.97 Å². The van der Waals surface area contributed by atoms with E-state index in [4.69, 9.17) is 5.73 Å². The minimum Gasteiger partial charge on any atom is -0.389 e. The van der Waals surface area contributed by atoms with E-state index in [1.807, 2.05) is 25.7 Å². The molecule has 1 rings (SSSR count). The van der Waals surface area contributed by atoms with Crippen LogP contribution in [0.5, 0.6) is 0 Å². The molecule has 0 saturated heterocycles. The van der Waals surface area contributed by atoms with Gasteiger partial charge >= 0.3 is 0 Å². The van der Waals surface area contributed by atoms with Gasteiger partial charge in [0.25, 0.3) is 0 Å². The summed E-state index contributed by atoms with van der Waals surface area (Å²) in [5.41, 5.74) is 6.02. The van der Waals surface area contributed by atoms with Gasteiger partial charge in [0.2, 0.25) is 0 Å². The molecule has 3 N–H and O–H groups in total. The topological polar surface area (TPSA) is 75.3 Å². The van der Waals surface area contributed by atoms with E-state index < -0.39 is 5.60 Å². The zero-order chi connectivity index (χ0) is 13.9. The van der Waals surface area contributed by atoms with Crippen molar-refractivity contribution in [2.45, 2.75) is 46.6 Å². The fraction of sp³-hybridized carbons (Fsp3) is 0.692. The number of nitrogens with two attached hydrogens (primary N) is 1. The third kappa shape index (κ3) is 3.57. The largest absolute Gasteiger partial charge is 0.389 e. The summed E-state index contributed by atoms with van der Waals surface area (Å²) in [6.07, 6.45) is 0.748. The van der Waals surface area contributed by atoms with Crippen molar-refractivity contribution in [2.24, 2.45) is 0 Å². The molecule has 0 bridgehead atoms. The molecule has 18 heavy (non-hydrogen) atoms. The Kier molecular flexibility index (Phi) is 4.51. The van der Waals surface area contributed by atoms with Crippen LogP contribution in [0.4, 0.5) is 11.6 Å². The van der Waals surface area contributed by atoms with Crippen molar-refractivity contribution in [2.75, 3.05) is 23.7 Å². The molecule has 0 fully saturated rings. The fourth-order valence-electron chi connectivity index (χ4n) is 1.84. The number of aromatic nitrogens is 2. The summed E-state index contributed by atoms with van der Waals surface area (Å²) in [6.45, 7) is 10.8. The van der Waals surface area contributed by atoms with E-state index >= 15 is 0 Å². The monoisotopic (exact) mass is 252 g/mol. The summed E-state index contributed by atoms with van der Waals surface area (Å²) in [7, 11) is 0. The highest BCUT2D eigenvalue weighted by atomic mass is 16.3. The Bertz CT molecular complexity index is 412. The highest BCUT2D eigenvalue weighted by molar-refractivity contribution is 5.56. The maximum Gasteiger partial charge on any atom is 0.137 e. The number of aliphatic hydroxyl groups is 1. The van der Waals surface area contributed by atoms with Crippen LogP contribution in [0.3, 0.4) is 0 Å². The first-order valence-electron chi connectivity index (χ1n) is 6.38. The quantitative estimate of drug-likeness (QED) is 0.831. The van der Waals surface area contributed by atoms with Crippen molar-refractivity contribution in [1.29, 1.82) is 0 Å². The van der Waals surface area contributed by atoms with E-state index in [9.17, 15) is 5.11 Å². The van der Waals surface area contributed by atoms with Gasteiger partial charge in [-0.05, 0) is 27.7 Å². The lowest BCUT2D eigenvalue weighted by Gasteiger charge is -2.30. The van der Waals surface area contributed by atoms with Crippen LogP contribution in [0.2, 0.25) is 0 Å². The van der Waals surface area contributed by atoms with Crippen molar-refractivity contribution in [3.05, 3.63) is 11.4 Å². The lowest BCUT2D eigenvalue weighted by molar-refractivity contribution is 0.0874. The number of hydrogen-bond acceptors (Lipinski definition) is 5. The van der Waals surface area contributed by atoms with Crippen LogP contribution in [0.15, 0.2) is 0 Å². The molecule has 0 radical (unpaired) electrons. The Hall–Kier alpha value is -1.36. The molecule has 0 atom stereocenters. The van der Waals surface area contributed by atoms with Gasteiger partial charge in [-0.2, -0.15) is 0 Å². The van der Waals surface area contributed by atoms with Gasteiger partial charge in [-0.3, -0.25) is 0 Å². The highest BCUT2D eigenvalue weighted by Crippen LogP contribution is 2.23. The molecule has 0 aliphatic heterocycles. The molecule has 0 aromatic carbocycles. The van der Waals surface area contributed by atoms with Gasteiger partial charge in [0.05, 0.1) is 5.60 Å². The van der Waals surface area contributed by atoms with Crippen LogP contribution in [0, 0.1) is 6.92 Å². The van der Waals surface area contributed by atoms with Gasteiger partial charge in [-0.15, -0.1) is 0 Å². The number of anilines is 2. The smallest absolute Gasteiger partial charge is 0.137 e. The third-order valence-corrected chi connectivity index (χ3v) is 2.78. The van der Waals surface area contributed by atoms with E-state index in [-0.39, 0.29) is 0 Å². The SMILES string of the molecule is CCc1nc(N)c(C)c(N(CC)CC(C)(C)O)n1. The van der Waals surface area contributed by atoms with Gasteiger partial charge in [-0.1, -0.05) is 6.92 Å². The van der Waals surface area contributed by atoms with Crippen molar-refractivity contribution in [1.82, 2.24) is 9.97 Å². The number of likely N-dealkylation sites (N-methyl/N-ethyl adjacent to an activating group) is 1. The van der Waals surface area contributed by atoms with Crippen LogP contribution >= 0.6 is 0 Å². The molecule has 0 unspecified atom stereocenters. The summed E-state index contributed by atoms with van der Waals surface area (Å²) in [5.74, 6) is 2.08. The van der Waals surface area contributed by atoms with Crippen molar-refractivity contribution in [3.63, 3.8) is 0 Å². The summed E-state index contributed by atoms with van der Waals surface area (Å²) in [5, 5.41) is 9.95. The van der Waals surface area contributed by atoms with E-state index in [0.717, 1.165) is 30.2 Å². The Morgan fingerprint density at radius 1 is 1.28 bits per heavy atom. The zero-order valence-corrected chi connectivity index (χ0v) is 12.0. The Morgan fingerprint density at radius 2 is 1.89 bits per heavy atom. The van der Waals surface area contributed by atoms with E-state index in [1.165, 1.54) is 0 Å². The van der Waals surface area contributed by atoms with Crippen molar-refractivity contribution in [3.8, 4) is 0 Å². The van der Waals surface area contributed by atoms with Gasteiger partial charge in [0.1, 0.15) is 17.5 Å². The molecular weight excluding hydrogens is 228 g/mol. The number of aryl methyl sites for hydroxylation is 1. The Balaban J connectivity index is 3.16. The summed E-state index contributed by atoms with van der Waals surface area (Å²) in [6, 6.07) is 0. The molecule has 1 aromatic heterocycles. The number of nitrogen functional groups attached to an aromatic ring is 1. The normalized spacial score (nSPS) is 11.7. The first-order chi connectivity index (χ1) is 8.28.